The molecule has 0 aliphatic carbocycles. The number of unbranched alkanes of at least 4 members (excludes halogenated alkanes) is 4. The number of rotatable bonds is 11. The van der Waals surface area contributed by atoms with Crippen LogP contribution in [0.1, 0.15) is 50.6 Å². The summed E-state index contributed by atoms with van der Waals surface area (Å²) >= 11 is 0. The molecule has 0 fully saturated rings. The molecule has 0 aromatic heterocycles. The lowest BCUT2D eigenvalue weighted by Crippen LogP contribution is -2.22. The maximum Gasteiger partial charge on any atom is 0.119 e. The molecule has 0 aliphatic heterocycles. The van der Waals surface area contributed by atoms with Crippen molar-refractivity contribution in [2.75, 3.05) is 27.4 Å². The Morgan fingerprint density at radius 1 is 1.15 bits per heavy atom. The molecule has 114 valence electrons. The summed E-state index contributed by atoms with van der Waals surface area (Å²) in [6, 6.07) is 8.37. The van der Waals surface area contributed by atoms with Crippen LogP contribution in [-0.2, 0) is 4.74 Å². The topological polar surface area (TPSA) is 30.5 Å². The Hall–Kier alpha value is -1.06. The molecular weight excluding hydrogens is 250 g/mol. The summed E-state index contributed by atoms with van der Waals surface area (Å²) in [5.74, 6) is 0.891. The third-order valence-electron chi connectivity index (χ3n) is 3.52. The van der Waals surface area contributed by atoms with Crippen molar-refractivity contribution < 1.29 is 9.47 Å². The van der Waals surface area contributed by atoms with Crippen LogP contribution in [0.3, 0.4) is 0 Å². The smallest absolute Gasteiger partial charge is 0.119 e. The standard InChI is InChI=1S/C17H29NO2/c1-4-5-6-7-8-12-20-14-17(18-2)15-10-9-11-16(13-15)19-3/h9-11,13,17-18H,4-8,12,14H2,1-3H3. The van der Waals surface area contributed by atoms with Crippen molar-refractivity contribution >= 4 is 0 Å². The van der Waals surface area contributed by atoms with Crippen molar-refractivity contribution in [3.63, 3.8) is 0 Å². The van der Waals surface area contributed by atoms with Crippen LogP contribution in [0.2, 0.25) is 0 Å². The van der Waals surface area contributed by atoms with E-state index >= 15 is 0 Å². The fourth-order valence-corrected chi connectivity index (χ4v) is 2.21. The van der Waals surface area contributed by atoms with Crippen LogP contribution in [0.25, 0.3) is 0 Å². The van der Waals surface area contributed by atoms with Gasteiger partial charge in [-0.3, -0.25) is 0 Å². The van der Waals surface area contributed by atoms with Gasteiger partial charge in [0.25, 0.3) is 0 Å². The van der Waals surface area contributed by atoms with Crippen molar-refractivity contribution in [1.82, 2.24) is 5.32 Å². The molecule has 0 aliphatic rings. The summed E-state index contributed by atoms with van der Waals surface area (Å²) < 4.78 is 11.1. The lowest BCUT2D eigenvalue weighted by atomic mass is 10.1. The van der Waals surface area contributed by atoms with Crippen molar-refractivity contribution in [3.8, 4) is 5.75 Å². The Kier molecular flexibility index (Phi) is 9.09. The Morgan fingerprint density at radius 3 is 2.65 bits per heavy atom. The van der Waals surface area contributed by atoms with E-state index in [9.17, 15) is 0 Å². The van der Waals surface area contributed by atoms with Gasteiger partial charge in [-0.15, -0.1) is 0 Å². The third kappa shape index (κ3) is 6.40. The minimum Gasteiger partial charge on any atom is -0.497 e. The lowest BCUT2D eigenvalue weighted by Gasteiger charge is -2.17. The normalized spacial score (nSPS) is 12.3. The molecule has 20 heavy (non-hydrogen) atoms. The first-order valence-corrected chi connectivity index (χ1v) is 7.70. The van der Waals surface area contributed by atoms with Crippen molar-refractivity contribution in [1.29, 1.82) is 0 Å². The zero-order valence-electron chi connectivity index (χ0n) is 13.2. The zero-order valence-corrected chi connectivity index (χ0v) is 13.2. The van der Waals surface area contributed by atoms with Crippen molar-refractivity contribution in [3.05, 3.63) is 29.8 Å². The van der Waals surface area contributed by atoms with Gasteiger partial charge in [0.1, 0.15) is 5.75 Å². The summed E-state index contributed by atoms with van der Waals surface area (Å²) in [5, 5.41) is 3.30. The highest BCUT2D eigenvalue weighted by atomic mass is 16.5. The molecule has 1 unspecified atom stereocenters. The first-order valence-electron chi connectivity index (χ1n) is 7.70. The molecule has 1 atom stereocenters. The molecular formula is C17H29NO2. The van der Waals surface area contributed by atoms with Crippen LogP contribution in [-0.4, -0.2) is 27.4 Å². The second kappa shape index (κ2) is 10.7. The van der Waals surface area contributed by atoms with Crippen LogP contribution in [0.15, 0.2) is 24.3 Å². The Morgan fingerprint density at radius 2 is 1.95 bits per heavy atom. The van der Waals surface area contributed by atoms with Gasteiger partial charge in [-0.05, 0) is 31.2 Å². The van der Waals surface area contributed by atoms with Crippen LogP contribution in [0.5, 0.6) is 5.75 Å². The fraction of sp³-hybridized carbons (Fsp3) is 0.647. The first kappa shape index (κ1) is 17.0. The number of hydrogen-bond acceptors (Lipinski definition) is 3. The quantitative estimate of drug-likeness (QED) is 0.622. The van der Waals surface area contributed by atoms with E-state index in [2.05, 4.69) is 24.4 Å². The highest BCUT2D eigenvalue weighted by Crippen LogP contribution is 2.19. The van der Waals surface area contributed by atoms with E-state index < -0.39 is 0 Å². The first-order chi connectivity index (χ1) is 9.81. The Balaban J connectivity index is 2.28. The van der Waals surface area contributed by atoms with E-state index in [-0.39, 0.29) is 6.04 Å². The predicted octanol–water partition coefficient (Wildman–Crippen LogP) is 3.94. The zero-order chi connectivity index (χ0) is 14.6. The molecule has 0 amide bonds. The van der Waals surface area contributed by atoms with E-state index in [1.807, 2.05) is 19.2 Å². The number of methoxy groups -OCH3 is 1. The molecule has 3 nitrogen and oxygen atoms in total. The van der Waals surface area contributed by atoms with Gasteiger partial charge < -0.3 is 14.8 Å². The largest absolute Gasteiger partial charge is 0.497 e. The summed E-state index contributed by atoms with van der Waals surface area (Å²) in [5.41, 5.74) is 1.21. The average Bonchev–Trinajstić information content (AvgIpc) is 2.50. The van der Waals surface area contributed by atoms with Gasteiger partial charge in [-0.25, -0.2) is 0 Å². The van der Waals surface area contributed by atoms with Crippen LogP contribution >= 0.6 is 0 Å². The van der Waals surface area contributed by atoms with Gasteiger partial charge in [-0.2, -0.15) is 0 Å². The van der Waals surface area contributed by atoms with Crippen LogP contribution in [0.4, 0.5) is 0 Å². The van der Waals surface area contributed by atoms with E-state index in [0.29, 0.717) is 6.61 Å². The van der Waals surface area contributed by atoms with Gasteiger partial charge in [0, 0.05) is 6.61 Å². The summed E-state index contributed by atoms with van der Waals surface area (Å²) in [7, 11) is 3.66. The second-order valence-electron chi connectivity index (χ2n) is 5.11. The van der Waals surface area contributed by atoms with Gasteiger partial charge in [0.2, 0.25) is 0 Å². The minimum atomic E-state index is 0.223. The van der Waals surface area contributed by atoms with Crippen molar-refractivity contribution in [2.45, 2.75) is 45.1 Å². The fourth-order valence-electron chi connectivity index (χ4n) is 2.21. The molecule has 0 heterocycles. The predicted molar refractivity (Wildman–Crippen MR) is 84.4 cm³/mol. The lowest BCUT2D eigenvalue weighted by molar-refractivity contribution is 0.110. The van der Waals surface area contributed by atoms with Crippen LogP contribution < -0.4 is 10.1 Å². The van der Waals surface area contributed by atoms with Gasteiger partial charge >= 0.3 is 0 Å². The third-order valence-corrected chi connectivity index (χ3v) is 3.52. The molecule has 0 bridgehead atoms. The summed E-state index contributed by atoms with van der Waals surface area (Å²) in [4.78, 5) is 0. The molecule has 1 rings (SSSR count). The molecule has 0 saturated heterocycles. The number of benzene rings is 1. The molecule has 1 aromatic rings. The van der Waals surface area contributed by atoms with E-state index in [1.165, 1.54) is 31.2 Å². The molecule has 0 spiro atoms. The van der Waals surface area contributed by atoms with Crippen LogP contribution in [0, 0.1) is 0 Å². The van der Waals surface area contributed by atoms with E-state index in [4.69, 9.17) is 9.47 Å². The maximum absolute atomic E-state index is 5.79. The number of hydrogen-bond donors (Lipinski definition) is 1. The maximum atomic E-state index is 5.79. The highest BCUT2D eigenvalue weighted by Gasteiger charge is 2.09. The SMILES string of the molecule is CCCCCCCOCC(NC)c1cccc(OC)c1. The number of ether oxygens (including phenoxy) is 2. The Bertz CT molecular complexity index is 355. The van der Waals surface area contributed by atoms with Crippen molar-refractivity contribution in [2.24, 2.45) is 0 Å². The van der Waals surface area contributed by atoms with E-state index in [0.717, 1.165) is 18.8 Å². The molecule has 3 heteroatoms. The number of nitrogens with one attached hydrogen (secondary N) is 1. The molecule has 0 radical (unpaired) electrons. The molecule has 0 saturated carbocycles. The Labute approximate surface area is 123 Å². The number of likely N-dealkylation sites (N-methyl/N-ethyl adjacent to an activating group) is 1. The molecule has 1 aromatic carbocycles. The van der Waals surface area contributed by atoms with E-state index in [1.54, 1.807) is 7.11 Å². The highest BCUT2D eigenvalue weighted by molar-refractivity contribution is 5.30. The van der Waals surface area contributed by atoms with Gasteiger partial charge in [0.15, 0.2) is 0 Å². The molecule has 1 N–H and O–H groups in total. The monoisotopic (exact) mass is 279 g/mol. The summed E-state index contributed by atoms with van der Waals surface area (Å²) in [6.07, 6.45) is 6.39. The van der Waals surface area contributed by atoms with Gasteiger partial charge in [-0.1, -0.05) is 44.7 Å². The minimum absolute atomic E-state index is 0.223. The second-order valence-corrected chi connectivity index (χ2v) is 5.11. The average molecular weight is 279 g/mol. The van der Waals surface area contributed by atoms with Gasteiger partial charge in [0.05, 0.1) is 19.8 Å². The summed E-state index contributed by atoms with van der Waals surface area (Å²) in [6.45, 7) is 3.80.